The van der Waals surface area contributed by atoms with E-state index in [0.29, 0.717) is 17.5 Å². The third-order valence-electron chi connectivity index (χ3n) is 2.20. The molecule has 17 heavy (non-hydrogen) atoms. The average Bonchev–Trinajstić information content (AvgIpc) is 2.27. The molecule has 1 aromatic carbocycles. The summed E-state index contributed by atoms with van der Waals surface area (Å²) < 4.78 is 0. The van der Waals surface area contributed by atoms with Gasteiger partial charge in [0, 0.05) is 12.5 Å². The van der Waals surface area contributed by atoms with Crippen LogP contribution in [-0.2, 0) is 0 Å². The Labute approximate surface area is 100 Å². The minimum absolute atomic E-state index is 0.176. The van der Waals surface area contributed by atoms with E-state index in [0.717, 1.165) is 0 Å². The minimum atomic E-state index is -0.362. The lowest BCUT2D eigenvalue weighted by Crippen LogP contribution is -2.02. The van der Waals surface area contributed by atoms with Crippen LogP contribution in [0.15, 0.2) is 30.0 Å². The van der Waals surface area contributed by atoms with Gasteiger partial charge < -0.3 is 0 Å². The molecular weight excluding hydrogens is 216 g/mol. The summed E-state index contributed by atoms with van der Waals surface area (Å²) in [5.74, 6) is 0.228. The van der Waals surface area contributed by atoms with Crippen molar-refractivity contribution >= 4 is 6.08 Å². The molecule has 0 amide bonds. The number of hydrogen-bond donors (Lipinski definition) is 0. The molecule has 1 aromatic rings. The van der Waals surface area contributed by atoms with Crippen molar-refractivity contribution in [1.82, 2.24) is 0 Å². The Bertz CT molecular complexity index is 484. The second-order valence-electron chi connectivity index (χ2n) is 4.23. The quantitative estimate of drug-likeness (QED) is 0.589. The van der Waals surface area contributed by atoms with Gasteiger partial charge in [0.25, 0.3) is 0 Å². The van der Waals surface area contributed by atoms with Gasteiger partial charge in [-0.1, -0.05) is 26.0 Å². The maximum atomic E-state index is 10.9. The average molecular weight is 230 g/mol. The van der Waals surface area contributed by atoms with Crippen LogP contribution in [0.25, 0.3) is 6.08 Å². The van der Waals surface area contributed by atoms with E-state index in [1.807, 2.05) is 19.9 Å². The minimum Gasteiger partial charge on any atom is -0.259 e. The molecule has 0 atom stereocenters. The van der Waals surface area contributed by atoms with Crippen molar-refractivity contribution in [3.8, 4) is 6.07 Å². The van der Waals surface area contributed by atoms with Crippen LogP contribution >= 0.6 is 0 Å². The summed E-state index contributed by atoms with van der Waals surface area (Å²) in [4.78, 5) is 10.5. The Morgan fingerprint density at radius 2 is 2.29 bits per heavy atom. The molecule has 0 N–H and O–H groups in total. The van der Waals surface area contributed by atoms with E-state index < -0.39 is 0 Å². The highest BCUT2D eigenvalue weighted by Gasteiger charge is 2.12. The summed E-state index contributed by atoms with van der Waals surface area (Å²) in [6.07, 6.45) is 1.95. The maximum Gasteiger partial charge on any atom is 0.247 e. The Kier molecular flexibility index (Phi) is 4.41. The van der Waals surface area contributed by atoms with Crippen molar-refractivity contribution < 1.29 is 4.92 Å². The van der Waals surface area contributed by atoms with Crippen LogP contribution in [0.1, 0.15) is 31.4 Å². The van der Waals surface area contributed by atoms with Gasteiger partial charge in [-0.25, -0.2) is 0 Å². The zero-order valence-corrected chi connectivity index (χ0v) is 9.88. The summed E-state index contributed by atoms with van der Waals surface area (Å²) in [6.45, 7) is 3.87. The van der Waals surface area contributed by atoms with Crippen LogP contribution in [0.3, 0.4) is 0 Å². The van der Waals surface area contributed by atoms with Gasteiger partial charge in [0.05, 0.1) is 16.6 Å². The largest absolute Gasteiger partial charge is 0.259 e. The highest BCUT2D eigenvalue weighted by molar-refractivity contribution is 5.53. The lowest BCUT2D eigenvalue weighted by atomic mass is 10.1. The van der Waals surface area contributed by atoms with Gasteiger partial charge in [-0.15, -0.1) is 0 Å². The van der Waals surface area contributed by atoms with Crippen LogP contribution in [0.4, 0.5) is 0 Å². The number of allylic oxidation sites excluding steroid dienone is 1. The van der Waals surface area contributed by atoms with Crippen molar-refractivity contribution in [3.05, 3.63) is 51.2 Å². The second-order valence-corrected chi connectivity index (χ2v) is 4.23. The molecule has 0 spiro atoms. The topological polar surface area (TPSA) is 66.9 Å². The molecule has 0 saturated heterocycles. The van der Waals surface area contributed by atoms with Crippen molar-refractivity contribution in [2.24, 2.45) is 5.92 Å². The van der Waals surface area contributed by atoms with E-state index in [1.54, 1.807) is 24.3 Å². The van der Waals surface area contributed by atoms with Crippen molar-refractivity contribution in [2.45, 2.75) is 20.3 Å². The fourth-order valence-electron chi connectivity index (χ4n) is 1.49. The molecule has 4 heteroatoms. The number of nitro groups is 1. The standard InChI is InChI=1S/C13H14N2O2/c1-10(2)6-13(15(16)17)8-11-4-3-5-12(7-11)9-14/h3-5,7-8,10H,6H2,1-2H3. The molecule has 0 bridgehead atoms. The van der Waals surface area contributed by atoms with Crippen LogP contribution in [-0.4, -0.2) is 4.92 Å². The SMILES string of the molecule is CC(C)CC(=Cc1cccc(C#N)c1)[N+](=O)[O-]. The van der Waals surface area contributed by atoms with E-state index >= 15 is 0 Å². The predicted molar refractivity (Wildman–Crippen MR) is 65.6 cm³/mol. The zero-order valence-electron chi connectivity index (χ0n) is 9.88. The number of benzene rings is 1. The normalized spacial score (nSPS) is 11.3. The Balaban J connectivity index is 3.04. The molecule has 0 aliphatic heterocycles. The fraction of sp³-hybridized carbons (Fsp3) is 0.308. The molecule has 4 nitrogen and oxygen atoms in total. The molecule has 0 unspecified atom stereocenters. The van der Waals surface area contributed by atoms with E-state index in [9.17, 15) is 10.1 Å². The van der Waals surface area contributed by atoms with Crippen molar-refractivity contribution in [3.63, 3.8) is 0 Å². The molecule has 0 saturated carbocycles. The molecule has 0 fully saturated rings. The van der Waals surface area contributed by atoms with Gasteiger partial charge in [-0.05, 0) is 23.6 Å². The predicted octanol–water partition coefficient (Wildman–Crippen LogP) is 3.22. The molecule has 88 valence electrons. The van der Waals surface area contributed by atoms with Crippen LogP contribution in [0, 0.1) is 27.4 Å². The summed E-state index contributed by atoms with van der Waals surface area (Å²) >= 11 is 0. The summed E-state index contributed by atoms with van der Waals surface area (Å²) in [7, 11) is 0. The first kappa shape index (κ1) is 12.9. The Morgan fingerprint density at radius 1 is 1.59 bits per heavy atom. The molecular formula is C13H14N2O2. The van der Waals surface area contributed by atoms with E-state index in [2.05, 4.69) is 0 Å². The van der Waals surface area contributed by atoms with E-state index in [4.69, 9.17) is 5.26 Å². The number of nitriles is 1. The van der Waals surface area contributed by atoms with Gasteiger partial charge in [0.2, 0.25) is 5.70 Å². The maximum absolute atomic E-state index is 10.9. The monoisotopic (exact) mass is 230 g/mol. The summed E-state index contributed by atoms with van der Waals surface area (Å²) in [6, 6.07) is 8.80. The first-order valence-electron chi connectivity index (χ1n) is 5.38. The lowest BCUT2D eigenvalue weighted by molar-refractivity contribution is -0.427. The first-order valence-corrected chi connectivity index (χ1v) is 5.38. The van der Waals surface area contributed by atoms with Crippen molar-refractivity contribution in [1.29, 1.82) is 5.26 Å². The van der Waals surface area contributed by atoms with Crippen LogP contribution in [0.2, 0.25) is 0 Å². The summed E-state index contributed by atoms with van der Waals surface area (Å²) in [5.41, 5.74) is 1.37. The van der Waals surface area contributed by atoms with Crippen molar-refractivity contribution in [2.75, 3.05) is 0 Å². The second kappa shape index (κ2) is 5.80. The lowest BCUT2D eigenvalue weighted by Gasteiger charge is -2.02. The molecule has 0 aliphatic carbocycles. The highest BCUT2D eigenvalue weighted by Crippen LogP contribution is 2.16. The van der Waals surface area contributed by atoms with Gasteiger partial charge in [0.1, 0.15) is 0 Å². The number of hydrogen-bond acceptors (Lipinski definition) is 3. The van der Waals surface area contributed by atoms with E-state index in [-0.39, 0.29) is 16.5 Å². The summed E-state index contributed by atoms with van der Waals surface area (Å²) in [5, 5.41) is 19.6. The number of nitrogens with zero attached hydrogens (tertiary/aromatic N) is 2. The van der Waals surface area contributed by atoms with Crippen LogP contribution < -0.4 is 0 Å². The highest BCUT2D eigenvalue weighted by atomic mass is 16.6. The fourth-order valence-corrected chi connectivity index (χ4v) is 1.49. The Morgan fingerprint density at radius 3 is 2.82 bits per heavy atom. The molecule has 0 aliphatic rings. The molecule has 0 aromatic heterocycles. The zero-order chi connectivity index (χ0) is 12.8. The Hall–Kier alpha value is -2.15. The molecule has 1 rings (SSSR count). The first-order chi connectivity index (χ1) is 8.02. The third-order valence-corrected chi connectivity index (χ3v) is 2.20. The van der Waals surface area contributed by atoms with Crippen LogP contribution in [0.5, 0.6) is 0 Å². The third kappa shape index (κ3) is 4.07. The molecule has 0 radical (unpaired) electrons. The van der Waals surface area contributed by atoms with Gasteiger partial charge >= 0.3 is 0 Å². The smallest absolute Gasteiger partial charge is 0.247 e. The number of rotatable bonds is 4. The van der Waals surface area contributed by atoms with Gasteiger partial charge in [-0.2, -0.15) is 5.26 Å². The van der Waals surface area contributed by atoms with Gasteiger partial charge in [-0.3, -0.25) is 10.1 Å². The van der Waals surface area contributed by atoms with Gasteiger partial charge in [0.15, 0.2) is 0 Å². The van der Waals surface area contributed by atoms with E-state index in [1.165, 1.54) is 6.08 Å². The molecule has 0 heterocycles.